The van der Waals surface area contributed by atoms with Gasteiger partial charge in [-0.1, -0.05) is 0 Å². The Morgan fingerprint density at radius 3 is 2.88 bits per heavy atom. The van der Waals surface area contributed by atoms with Gasteiger partial charge in [-0.3, -0.25) is 0 Å². The second-order valence-corrected chi connectivity index (χ2v) is 6.80. The smallest absolute Gasteiger partial charge is 0.242 e. The average molecular weight is 261 g/mol. The van der Waals surface area contributed by atoms with Gasteiger partial charge in [0.25, 0.3) is 0 Å². The number of hydrogen-bond acceptors (Lipinski definition) is 4. The molecule has 4 nitrogen and oxygen atoms in total. The summed E-state index contributed by atoms with van der Waals surface area (Å²) in [5, 5.41) is 10.7. The minimum Gasteiger partial charge on any atom is -0.391 e. The van der Waals surface area contributed by atoms with Crippen molar-refractivity contribution in [3.63, 3.8) is 0 Å². The van der Waals surface area contributed by atoms with Crippen LogP contribution in [0.1, 0.15) is 24.6 Å². The Morgan fingerprint density at radius 1 is 1.62 bits per heavy atom. The molecule has 1 aliphatic rings. The lowest BCUT2D eigenvalue weighted by Gasteiger charge is -2.13. The normalized spacial score (nSPS) is 18.6. The molecule has 16 heavy (non-hydrogen) atoms. The van der Waals surface area contributed by atoms with Crippen LogP contribution in [-0.2, 0) is 16.6 Å². The Kier molecular flexibility index (Phi) is 3.34. The molecule has 90 valence electrons. The molecule has 1 aliphatic carbocycles. The van der Waals surface area contributed by atoms with Crippen LogP contribution in [0.4, 0.5) is 0 Å². The van der Waals surface area contributed by atoms with Crippen molar-refractivity contribution in [3.05, 3.63) is 16.3 Å². The molecule has 0 bridgehead atoms. The SMILES string of the molecule is CC(NS(=O)(=O)c1ccsc1CO)C1CC1. The molecule has 2 N–H and O–H groups in total. The molecule has 1 heterocycles. The first-order valence-corrected chi connectivity index (χ1v) is 7.60. The summed E-state index contributed by atoms with van der Waals surface area (Å²) in [5.41, 5.74) is 0. The fourth-order valence-corrected chi connectivity index (χ4v) is 4.29. The van der Waals surface area contributed by atoms with Crippen LogP contribution < -0.4 is 4.72 Å². The lowest BCUT2D eigenvalue weighted by Crippen LogP contribution is -2.34. The molecule has 0 aliphatic heterocycles. The first-order valence-electron chi connectivity index (χ1n) is 5.24. The van der Waals surface area contributed by atoms with Crippen LogP contribution in [0.2, 0.25) is 0 Å². The van der Waals surface area contributed by atoms with Gasteiger partial charge in [0.1, 0.15) is 0 Å². The maximum Gasteiger partial charge on any atom is 0.242 e. The highest BCUT2D eigenvalue weighted by Crippen LogP contribution is 2.33. The zero-order valence-corrected chi connectivity index (χ0v) is 10.6. The summed E-state index contributed by atoms with van der Waals surface area (Å²) in [7, 11) is -3.46. The highest BCUT2D eigenvalue weighted by atomic mass is 32.2. The summed E-state index contributed by atoms with van der Waals surface area (Å²) in [5.74, 6) is 0.478. The number of rotatable bonds is 5. The third kappa shape index (κ3) is 2.45. The topological polar surface area (TPSA) is 66.4 Å². The van der Waals surface area contributed by atoms with Crippen molar-refractivity contribution in [2.45, 2.75) is 37.3 Å². The summed E-state index contributed by atoms with van der Waals surface area (Å²) >= 11 is 1.26. The Balaban J connectivity index is 2.17. The van der Waals surface area contributed by atoms with E-state index in [4.69, 9.17) is 5.11 Å². The molecule has 6 heteroatoms. The van der Waals surface area contributed by atoms with Crippen molar-refractivity contribution in [2.75, 3.05) is 0 Å². The third-order valence-corrected chi connectivity index (χ3v) is 5.49. The van der Waals surface area contributed by atoms with Gasteiger partial charge in [-0.25, -0.2) is 13.1 Å². The van der Waals surface area contributed by atoms with Crippen molar-refractivity contribution < 1.29 is 13.5 Å². The van der Waals surface area contributed by atoms with E-state index in [2.05, 4.69) is 4.72 Å². The molecule has 1 fully saturated rings. The Bertz CT molecular complexity index is 462. The van der Waals surface area contributed by atoms with Crippen molar-refractivity contribution in [1.29, 1.82) is 0 Å². The summed E-state index contributed by atoms with van der Waals surface area (Å²) in [4.78, 5) is 0.711. The highest BCUT2D eigenvalue weighted by molar-refractivity contribution is 7.89. The number of thiophene rings is 1. The second kappa shape index (κ2) is 4.44. The van der Waals surface area contributed by atoms with Crippen LogP contribution in [0.3, 0.4) is 0 Å². The van der Waals surface area contributed by atoms with E-state index >= 15 is 0 Å². The maximum absolute atomic E-state index is 12.0. The number of aliphatic hydroxyl groups is 1. The summed E-state index contributed by atoms with van der Waals surface area (Å²) in [6, 6.07) is 1.52. The van der Waals surface area contributed by atoms with Gasteiger partial charge in [0.15, 0.2) is 0 Å². The van der Waals surface area contributed by atoms with E-state index in [1.165, 1.54) is 17.4 Å². The van der Waals surface area contributed by atoms with Crippen LogP contribution in [-0.4, -0.2) is 19.6 Å². The first kappa shape index (κ1) is 12.0. The number of nitrogens with one attached hydrogen (secondary N) is 1. The summed E-state index contributed by atoms with van der Waals surface area (Å²) < 4.78 is 26.7. The molecular formula is C10H15NO3S2. The Hall–Kier alpha value is -0.430. The molecule has 0 saturated heterocycles. The van der Waals surface area contributed by atoms with Gasteiger partial charge in [-0.15, -0.1) is 11.3 Å². The highest BCUT2D eigenvalue weighted by Gasteiger charge is 2.32. The predicted octanol–water partition coefficient (Wildman–Crippen LogP) is 1.32. The fourth-order valence-electron chi connectivity index (χ4n) is 1.68. The zero-order chi connectivity index (χ0) is 11.8. The molecule has 0 aromatic carbocycles. The van der Waals surface area contributed by atoms with Gasteiger partial charge in [-0.05, 0) is 37.1 Å². The Morgan fingerprint density at radius 2 is 2.31 bits per heavy atom. The van der Waals surface area contributed by atoms with Crippen LogP contribution in [0.5, 0.6) is 0 Å². The molecule has 1 saturated carbocycles. The lowest BCUT2D eigenvalue weighted by molar-refractivity contribution is 0.282. The van der Waals surface area contributed by atoms with Gasteiger partial charge in [-0.2, -0.15) is 0 Å². The van der Waals surface area contributed by atoms with E-state index in [9.17, 15) is 8.42 Å². The average Bonchev–Trinajstić information content (AvgIpc) is 2.95. The number of sulfonamides is 1. The van der Waals surface area contributed by atoms with E-state index in [1.54, 1.807) is 5.38 Å². The molecule has 1 aromatic rings. The van der Waals surface area contributed by atoms with E-state index in [1.807, 2.05) is 6.92 Å². The molecule has 0 radical (unpaired) electrons. The molecule has 0 amide bonds. The summed E-state index contributed by atoms with van der Waals surface area (Å²) in [6.45, 7) is 1.66. The van der Waals surface area contributed by atoms with E-state index in [0.29, 0.717) is 10.8 Å². The number of aliphatic hydroxyl groups excluding tert-OH is 1. The van der Waals surface area contributed by atoms with Crippen molar-refractivity contribution >= 4 is 21.4 Å². The minimum atomic E-state index is -3.46. The first-order chi connectivity index (χ1) is 7.54. The van der Waals surface area contributed by atoms with Gasteiger partial charge in [0.2, 0.25) is 10.0 Å². The van der Waals surface area contributed by atoms with Gasteiger partial charge in [0.05, 0.1) is 11.5 Å². The van der Waals surface area contributed by atoms with Gasteiger partial charge in [0, 0.05) is 10.9 Å². The second-order valence-electron chi connectivity index (χ2n) is 4.11. The van der Waals surface area contributed by atoms with Crippen molar-refractivity contribution in [2.24, 2.45) is 5.92 Å². The quantitative estimate of drug-likeness (QED) is 0.840. The molecule has 1 atom stereocenters. The molecule has 1 unspecified atom stereocenters. The predicted molar refractivity (Wildman–Crippen MR) is 62.7 cm³/mol. The third-order valence-electron chi connectivity index (χ3n) is 2.81. The summed E-state index contributed by atoms with van der Waals surface area (Å²) in [6.07, 6.45) is 2.19. The van der Waals surface area contributed by atoms with E-state index in [0.717, 1.165) is 12.8 Å². The van der Waals surface area contributed by atoms with Crippen LogP contribution >= 0.6 is 11.3 Å². The van der Waals surface area contributed by atoms with E-state index in [-0.39, 0.29) is 17.5 Å². The monoisotopic (exact) mass is 261 g/mol. The minimum absolute atomic E-state index is 0.0172. The van der Waals surface area contributed by atoms with Gasteiger partial charge < -0.3 is 5.11 Å². The lowest BCUT2D eigenvalue weighted by atomic mass is 10.2. The molecule has 1 aromatic heterocycles. The van der Waals surface area contributed by atoms with Crippen molar-refractivity contribution in [3.8, 4) is 0 Å². The molecular weight excluding hydrogens is 246 g/mol. The van der Waals surface area contributed by atoms with Crippen LogP contribution in [0.15, 0.2) is 16.3 Å². The largest absolute Gasteiger partial charge is 0.391 e. The standard InChI is InChI=1S/C10H15NO3S2/c1-7(8-2-3-8)11-16(13,14)10-4-5-15-9(10)6-12/h4-5,7-8,11-12H,2-3,6H2,1H3. The molecule has 2 rings (SSSR count). The molecule has 0 spiro atoms. The number of hydrogen-bond donors (Lipinski definition) is 2. The maximum atomic E-state index is 12.0. The van der Waals surface area contributed by atoms with Gasteiger partial charge >= 0.3 is 0 Å². The van der Waals surface area contributed by atoms with Crippen LogP contribution in [0.25, 0.3) is 0 Å². The Labute approximate surface area is 99.4 Å². The fraction of sp³-hybridized carbons (Fsp3) is 0.600. The van der Waals surface area contributed by atoms with Crippen LogP contribution in [0, 0.1) is 5.92 Å². The van der Waals surface area contributed by atoms with Crippen molar-refractivity contribution in [1.82, 2.24) is 4.72 Å². The van der Waals surface area contributed by atoms with E-state index < -0.39 is 10.0 Å². The zero-order valence-electron chi connectivity index (χ0n) is 9.01.